The first kappa shape index (κ1) is 24.3. The fourth-order valence-electron chi connectivity index (χ4n) is 3.31. The Hall–Kier alpha value is -2.96. The number of nitrogens with one attached hydrogen (secondary N) is 1. The summed E-state index contributed by atoms with van der Waals surface area (Å²) in [6, 6.07) is 4.50. The van der Waals surface area contributed by atoms with Gasteiger partial charge in [-0.2, -0.15) is 0 Å². The molecule has 2 aromatic rings. The maximum atomic E-state index is 12.5. The molecule has 7 nitrogen and oxygen atoms in total. The fraction of sp³-hybridized carbons (Fsp3) is 0.500. The molecule has 2 N–H and O–H groups in total. The third-order valence-electron chi connectivity index (χ3n) is 5.04. The summed E-state index contributed by atoms with van der Waals surface area (Å²) in [7, 11) is 0. The predicted molar refractivity (Wildman–Crippen MR) is 121 cm³/mol. The summed E-state index contributed by atoms with van der Waals surface area (Å²) < 4.78 is 5.83. The number of aromatic carboxylic acids is 1. The van der Waals surface area contributed by atoms with E-state index in [4.69, 9.17) is 4.74 Å². The molecule has 0 aliphatic heterocycles. The van der Waals surface area contributed by atoms with Gasteiger partial charge in [0.05, 0.1) is 18.4 Å². The Bertz CT molecular complexity index is 826. The molecule has 0 fully saturated rings. The number of carboxylic acid groups (broad SMARTS) is 1. The van der Waals surface area contributed by atoms with Gasteiger partial charge >= 0.3 is 5.97 Å². The van der Waals surface area contributed by atoms with Crippen LogP contribution in [0.4, 0.5) is 5.69 Å². The number of amides is 1. The number of ether oxygens (including phenoxy) is 1. The quantitative estimate of drug-likeness (QED) is 0.352. The number of nitrogens with zero attached hydrogens (tertiary/aromatic N) is 2. The minimum Gasteiger partial charge on any atom is -0.491 e. The number of pyridine rings is 2. The van der Waals surface area contributed by atoms with Gasteiger partial charge in [0.2, 0.25) is 0 Å². The Morgan fingerprint density at radius 1 is 0.968 bits per heavy atom. The minimum atomic E-state index is -1.21. The predicted octanol–water partition coefficient (Wildman–Crippen LogP) is 5.73. The van der Waals surface area contributed by atoms with Crippen LogP contribution < -0.4 is 10.1 Å². The van der Waals surface area contributed by atoms with Crippen LogP contribution in [0.3, 0.4) is 0 Å². The molecule has 0 aliphatic rings. The Labute approximate surface area is 184 Å². The van der Waals surface area contributed by atoms with Crippen molar-refractivity contribution in [3.8, 4) is 5.75 Å². The molecule has 0 aliphatic carbocycles. The van der Waals surface area contributed by atoms with Gasteiger partial charge in [-0.25, -0.2) is 4.79 Å². The third kappa shape index (κ3) is 8.74. The van der Waals surface area contributed by atoms with Crippen LogP contribution in [-0.2, 0) is 0 Å². The van der Waals surface area contributed by atoms with E-state index >= 15 is 0 Å². The van der Waals surface area contributed by atoms with Gasteiger partial charge in [0.15, 0.2) is 0 Å². The Morgan fingerprint density at radius 3 is 2.32 bits per heavy atom. The lowest BCUT2D eigenvalue weighted by Crippen LogP contribution is -2.18. The standard InChI is InChI=1S/C24H33N3O4/c1-2-3-4-5-6-7-8-9-10-11-17-31-21-14-16-25-18-20(21)27-23(28)22-19(24(29)30)13-12-15-26-22/h12-16,18H,2-11,17H2,1H3,(H,27,28)(H,29,30). The highest BCUT2D eigenvalue weighted by atomic mass is 16.5. The average molecular weight is 428 g/mol. The van der Waals surface area contributed by atoms with Crippen LogP contribution >= 0.6 is 0 Å². The van der Waals surface area contributed by atoms with Crippen molar-refractivity contribution in [2.24, 2.45) is 0 Å². The van der Waals surface area contributed by atoms with Crippen molar-refractivity contribution in [1.82, 2.24) is 9.97 Å². The van der Waals surface area contributed by atoms with Crippen molar-refractivity contribution in [3.05, 3.63) is 48.0 Å². The number of hydrogen-bond acceptors (Lipinski definition) is 5. The van der Waals surface area contributed by atoms with Crippen LogP contribution in [-0.4, -0.2) is 33.6 Å². The van der Waals surface area contributed by atoms with Crippen molar-refractivity contribution in [2.45, 2.75) is 71.1 Å². The highest BCUT2D eigenvalue weighted by molar-refractivity contribution is 6.09. The van der Waals surface area contributed by atoms with E-state index in [1.165, 1.54) is 75.9 Å². The molecule has 2 rings (SSSR count). The van der Waals surface area contributed by atoms with Crippen molar-refractivity contribution in [2.75, 3.05) is 11.9 Å². The lowest BCUT2D eigenvalue weighted by atomic mass is 10.1. The Balaban J connectivity index is 1.75. The largest absolute Gasteiger partial charge is 0.491 e. The molecule has 0 saturated heterocycles. The van der Waals surface area contributed by atoms with Crippen LogP contribution in [0.15, 0.2) is 36.8 Å². The number of rotatable bonds is 15. The van der Waals surface area contributed by atoms with Gasteiger partial charge in [0, 0.05) is 18.5 Å². The lowest BCUT2D eigenvalue weighted by Gasteiger charge is -2.12. The van der Waals surface area contributed by atoms with E-state index in [-0.39, 0.29) is 11.3 Å². The molecule has 0 aromatic carbocycles. The van der Waals surface area contributed by atoms with Gasteiger partial charge in [-0.15, -0.1) is 0 Å². The molecule has 0 spiro atoms. The summed E-state index contributed by atoms with van der Waals surface area (Å²) in [5, 5.41) is 11.9. The van der Waals surface area contributed by atoms with E-state index in [0.29, 0.717) is 18.0 Å². The second-order valence-electron chi connectivity index (χ2n) is 7.56. The number of carboxylic acids is 1. The molecule has 2 heterocycles. The van der Waals surface area contributed by atoms with Gasteiger partial charge < -0.3 is 15.2 Å². The highest BCUT2D eigenvalue weighted by Gasteiger charge is 2.19. The molecule has 0 saturated carbocycles. The summed E-state index contributed by atoms with van der Waals surface area (Å²) in [6.45, 7) is 2.79. The molecule has 7 heteroatoms. The molecule has 0 bridgehead atoms. The Kier molecular flexibility index (Phi) is 11.1. The molecule has 168 valence electrons. The summed E-state index contributed by atoms with van der Waals surface area (Å²) in [5.74, 6) is -1.32. The third-order valence-corrected chi connectivity index (χ3v) is 5.04. The van der Waals surface area contributed by atoms with Crippen LogP contribution in [0.25, 0.3) is 0 Å². The van der Waals surface area contributed by atoms with Gasteiger partial charge in [0.25, 0.3) is 5.91 Å². The highest BCUT2D eigenvalue weighted by Crippen LogP contribution is 2.24. The molecule has 31 heavy (non-hydrogen) atoms. The summed E-state index contributed by atoms with van der Waals surface area (Å²) >= 11 is 0. The number of carbonyl (C=O) groups is 2. The lowest BCUT2D eigenvalue weighted by molar-refractivity contribution is 0.0691. The van der Waals surface area contributed by atoms with E-state index < -0.39 is 11.9 Å². The SMILES string of the molecule is CCCCCCCCCCCCOc1ccncc1NC(=O)c1ncccc1C(=O)O. The zero-order chi connectivity index (χ0) is 22.3. The maximum absolute atomic E-state index is 12.5. The fourth-order valence-corrected chi connectivity index (χ4v) is 3.31. The van der Waals surface area contributed by atoms with Crippen molar-refractivity contribution < 1.29 is 19.4 Å². The van der Waals surface area contributed by atoms with E-state index in [1.807, 2.05) is 0 Å². The summed E-state index contributed by atoms with van der Waals surface area (Å²) in [5.41, 5.74) is 0.0813. The van der Waals surface area contributed by atoms with E-state index in [1.54, 1.807) is 12.3 Å². The Morgan fingerprint density at radius 2 is 1.65 bits per heavy atom. The summed E-state index contributed by atoms with van der Waals surface area (Å²) in [4.78, 5) is 31.8. The average Bonchev–Trinajstić information content (AvgIpc) is 2.78. The molecule has 0 radical (unpaired) electrons. The second kappa shape index (κ2) is 14.1. The van der Waals surface area contributed by atoms with Gasteiger partial charge in [-0.3, -0.25) is 14.8 Å². The first-order valence-corrected chi connectivity index (χ1v) is 11.2. The first-order valence-electron chi connectivity index (χ1n) is 11.2. The van der Waals surface area contributed by atoms with Gasteiger partial charge in [-0.05, 0) is 18.6 Å². The smallest absolute Gasteiger partial charge is 0.338 e. The number of hydrogen-bond donors (Lipinski definition) is 2. The number of carbonyl (C=O) groups excluding carboxylic acids is 1. The second-order valence-corrected chi connectivity index (χ2v) is 7.56. The van der Waals surface area contributed by atoms with E-state index in [2.05, 4.69) is 22.2 Å². The van der Waals surface area contributed by atoms with Crippen LogP contribution in [0.2, 0.25) is 0 Å². The monoisotopic (exact) mass is 427 g/mol. The summed E-state index contributed by atoms with van der Waals surface area (Å²) in [6.07, 6.45) is 16.9. The normalized spacial score (nSPS) is 10.6. The molecule has 0 atom stereocenters. The number of unbranched alkanes of at least 4 members (excludes halogenated alkanes) is 9. The molecule has 1 amide bonds. The minimum absolute atomic E-state index is 0.153. The zero-order valence-electron chi connectivity index (χ0n) is 18.3. The topological polar surface area (TPSA) is 101 Å². The van der Waals surface area contributed by atoms with Crippen molar-refractivity contribution in [1.29, 1.82) is 0 Å². The molecule has 0 unspecified atom stereocenters. The van der Waals surface area contributed by atoms with Crippen LogP contribution in [0.1, 0.15) is 92.0 Å². The first-order chi connectivity index (χ1) is 15.1. The van der Waals surface area contributed by atoms with Crippen LogP contribution in [0, 0.1) is 0 Å². The molecular formula is C24H33N3O4. The van der Waals surface area contributed by atoms with Crippen molar-refractivity contribution in [3.63, 3.8) is 0 Å². The van der Waals surface area contributed by atoms with E-state index in [9.17, 15) is 14.7 Å². The van der Waals surface area contributed by atoms with Crippen molar-refractivity contribution >= 4 is 17.6 Å². The van der Waals surface area contributed by atoms with Gasteiger partial charge in [0.1, 0.15) is 17.1 Å². The number of aromatic nitrogens is 2. The number of anilines is 1. The van der Waals surface area contributed by atoms with Crippen LogP contribution in [0.5, 0.6) is 5.75 Å². The van der Waals surface area contributed by atoms with Gasteiger partial charge in [-0.1, -0.05) is 64.7 Å². The van der Waals surface area contributed by atoms with E-state index in [0.717, 1.165) is 12.8 Å². The molecular weight excluding hydrogens is 394 g/mol. The molecule has 2 aromatic heterocycles. The maximum Gasteiger partial charge on any atom is 0.338 e. The zero-order valence-corrected chi connectivity index (χ0v) is 18.3.